The van der Waals surface area contributed by atoms with Crippen molar-refractivity contribution in [2.75, 3.05) is 26.4 Å². The van der Waals surface area contributed by atoms with Gasteiger partial charge in [0.15, 0.2) is 19.9 Å². The summed E-state index contributed by atoms with van der Waals surface area (Å²) in [7, 11) is -1.84. The van der Waals surface area contributed by atoms with E-state index >= 15 is 0 Å². The quantitative estimate of drug-likeness (QED) is 0.277. The molecular formula is C24H31ClF2O3SSi. The molecule has 0 bridgehead atoms. The lowest BCUT2D eigenvalue weighted by molar-refractivity contribution is 0.0485. The lowest BCUT2D eigenvalue weighted by atomic mass is 9.96. The zero-order valence-electron chi connectivity index (χ0n) is 19.2. The minimum Gasteiger partial charge on any atom is -0.490 e. The second kappa shape index (κ2) is 10.4. The molecule has 32 heavy (non-hydrogen) atoms. The van der Waals surface area contributed by atoms with Crippen LogP contribution >= 0.6 is 23.4 Å². The first-order valence-electron chi connectivity index (χ1n) is 10.7. The second-order valence-corrected chi connectivity index (χ2v) is 16.0. The van der Waals surface area contributed by atoms with Crippen molar-refractivity contribution < 1.29 is 22.7 Å². The summed E-state index contributed by atoms with van der Waals surface area (Å²) in [4.78, 5) is 0.919. The van der Waals surface area contributed by atoms with Crippen molar-refractivity contribution in [3.05, 3.63) is 58.6 Å². The van der Waals surface area contributed by atoms with Crippen LogP contribution in [-0.4, -0.2) is 34.7 Å². The van der Waals surface area contributed by atoms with Crippen LogP contribution in [0.1, 0.15) is 31.6 Å². The summed E-state index contributed by atoms with van der Waals surface area (Å²) < 4.78 is 46.9. The van der Waals surface area contributed by atoms with Gasteiger partial charge in [-0.25, -0.2) is 8.78 Å². The molecule has 8 heteroatoms. The third-order valence-corrected chi connectivity index (χ3v) is 12.4. The van der Waals surface area contributed by atoms with Gasteiger partial charge in [0.05, 0.1) is 26.4 Å². The molecule has 3 nitrogen and oxygen atoms in total. The molecule has 2 aromatic rings. The summed E-state index contributed by atoms with van der Waals surface area (Å²) in [5.74, 6) is -1.18. The van der Waals surface area contributed by atoms with E-state index in [4.69, 9.17) is 25.5 Å². The fraction of sp³-hybridized carbons (Fsp3) is 0.500. The number of thioether (sulfide) groups is 1. The van der Waals surface area contributed by atoms with Crippen LogP contribution in [0.5, 0.6) is 5.75 Å². The molecule has 0 unspecified atom stereocenters. The van der Waals surface area contributed by atoms with E-state index in [9.17, 15) is 8.78 Å². The summed E-state index contributed by atoms with van der Waals surface area (Å²) >= 11 is 7.47. The molecule has 1 heterocycles. The van der Waals surface area contributed by atoms with Crippen molar-refractivity contribution >= 4 is 31.7 Å². The smallest absolute Gasteiger partial charge is 0.192 e. The SMILES string of the molecule is CC(C)(C)[Si](C)(C)OCCOC[C@@H]1COc2c(F)ccc(F)c2[C@H]1Sc1ccc(Cl)cc1. The fourth-order valence-corrected chi connectivity index (χ4v) is 5.66. The highest BCUT2D eigenvalue weighted by atomic mass is 35.5. The molecule has 0 radical (unpaired) electrons. The summed E-state index contributed by atoms with van der Waals surface area (Å²) in [6.45, 7) is 12.6. The molecule has 1 aliphatic heterocycles. The molecule has 3 rings (SSSR count). The van der Waals surface area contributed by atoms with Crippen molar-refractivity contribution in [1.82, 2.24) is 0 Å². The van der Waals surface area contributed by atoms with E-state index in [0.717, 1.165) is 17.0 Å². The molecule has 0 fully saturated rings. The van der Waals surface area contributed by atoms with E-state index in [0.29, 0.717) is 24.8 Å². The summed E-state index contributed by atoms with van der Waals surface area (Å²) in [5.41, 5.74) is 0.252. The van der Waals surface area contributed by atoms with Gasteiger partial charge in [0.1, 0.15) is 5.82 Å². The van der Waals surface area contributed by atoms with Crippen LogP contribution in [-0.2, 0) is 9.16 Å². The highest BCUT2D eigenvalue weighted by molar-refractivity contribution is 7.99. The Hall–Kier alpha value is -1.12. The largest absolute Gasteiger partial charge is 0.490 e. The van der Waals surface area contributed by atoms with Crippen LogP contribution in [0.2, 0.25) is 23.2 Å². The third kappa shape index (κ3) is 6.06. The maximum atomic E-state index is 14.8. The molecule has 0 saturated carbocycles. The van der Waals surface area contributed by atoms with E-state index in [-0.39, 0.29) is 34.1 Å². The van der Waals surface area contributed by atoms with Gasteiger partial charge in [0, 0.05) is 26.6 Å². The average Bonchev–Trinajstić information content (AvgIpc) is 2.72. The van der Waals surface area contributed by atoms with E-state index in [1.807, 2.05) is 12.1 Å². The van der Waals surface area contributed by atoms with Crippen LogP contribution in [0.3, 0.4) is 0 Å². The molecule has 2 atom stereocenters. The van der Waals surface area contributed by atoms with Gasteiger partial charge in [0.2, 0.25) is 0 Å². The van der Waals surface area contributed by atoms with Gasteiger partial charge in [-0.05, 0) is 54.5 Å². The Balaban J connectivity index is 1.70. The third-order valence-electron chi connectivity index (χ3n) is 6.15. The number of benzene rings is 2. The molecule has 0 saturated heterocycles. The van der Waals surface area contributed by atoms with E-state index in [1.54, 1.807) is 12.1 Å². The summed E-state index contributed by atoms with van der Waals surface area (Å²) in [6, 6.07) is 9.59. The molecule has 0 aromatic heterocycles. The topological polar surface area (TPSA) is 27.7 Å². The standard InChI is InChI=1S/C24H31ClF2O3SSi/c1-24(2,3)32(4,5)30-13-12-28-14-16-15-29-22-20(27)11-10-19(26)21(22)23(16)31-18-8-6-17(25)7-9-18/h6-11,16,23H,12-15H2,1-5H3/t16-,23+/m1/s1. The predicted octanol–water partition coefficient (Wildman–Crippen LogP) is 7.50. The minimum atomic E-state index is -1.84. The molecule has 0 spiro atoms. The summed E-state index contributed by atoms with van der Waals surface area (Å²) in [5, 5.41) is 0.410. The number of halogens is 3. The Morgan fingerprint density at radius 3 is 2.38 bits per heavy atom. The maximum absolute atomic E-state index is 14.8. The first-order valence-corrected chi connectivity index (χ1v) is 14.9. The van der Waals surface area contributed by atoms with E-state index in [2.05, 4.69) is 33.9 Å². The van der Waals surface area contributed by atoms with Crippen molar-refractivity contribution in [1.29, 1.82) is 0 Å². The highest BCUT2D eigenvalue weighted by Crippen LogP contribution is 2.49. The Bertz CT molecular complexity index is 919. The Morgan fingerprint density at radius 1 is 1.06 bits per heavy atom. The Kier molecular flexibility index (Phi) is 8.31. The first-order chi connectivity index (χ1) is 15.0. The van der Waals surface area contributed by atoms with Gasteiger partial charge in [-0.15, -0.1) is 11.8 Å². The van der Waals surface area contributed by atoms with Crippen LogP contribution in [0.25, 0.3) is 0 Å². The molecular weight excluding hydrogens is 470 g/mol. The number of hydrogen-bond donors (Lipinski definition) is 0. The zero-order chi connectivity index (χ0) is 23.5. The Labute approximate surface area is 199 Å². The van der Waals surface area contributed by atoms with Crippen molar-refractivity contribution in [2.24, 2.45) is 5.92 Å². The van der Waals surface area contributed by atoms with Gasteiger partial charge in [-0.2, -0.15) is 0 Å². The zero-order valence-corrected chi connectivity index (χ0v) is 21.8. The van der Waals surface area contributed by atoms with E-state index < -0.39 is 20.0 Å². The Morgan fingerprint density at radius 2 is 1.72 bits per heavy atom. The van der Waals surface area contributed by atoms with Gasteiger partial charge >= 0.3 is 0 Å². The highest BCUT2D eigenvalue weighted by Gasteiger charge is 2.38. The molecule has 176 valence electrons. The number of rotatable bonds is 8. The minimum absolute atomic E-state index is 0.00558. The number of fused-ring (bicyclic) bond motifs is 1. The van der Waals surface area contributed by atoms with Crippen LogP contribution in [0.4, 0.5) is 8.78 Å². The van der Waals surface area contributed by atoms with Crippen molar-refractivity contribution in [3.63, 3.8) is 0 Å². The monoisotopic (exact) mass is 500 g/mol. The molecule has 1 aliphatic rings. The summed E-state index contributed by atoms with van der Waals surface area (Å²) in [6.07, 6.45) is 0. The van der Waals surface area contributed by atoms with Crippen molar-refractivity contribution in [3.8, 4) is 5.75 Å². The fourth-order valence-electron chi connectivity index (χ4n) is 3.23. The van der Waals surface area contributed by atoms with Gasteiger partial charge in [0.25, 0.3) is 0 Å². The second-order valence-electron chi connectivity index (χ2n) is 9.52. The van der Waals surface area contributed by atoms with Gasteiger partial charge in [-0.1, -0.05) is 32.4 Å². The first kappa shape index (κ1) is 25.5. The lowest BCUT2D eigenvalue weighted by Crippen LogP contribution is -2.41. The van der Waals surface area contributed by atoms with Crippen LogP contribution in [0, 0.1) is 17.6 Å². The van der Waals surface area contributed by atoms with Crippen LogP contribution in [0.15, 0.2) is 41.3 Å². The van der Waals surface area contributed by atoms with Crippen LogP contribution < -0.4 is 4.74 Å². The lowest BCUT2D eigenvalue weighted by Gasteiger charge is -2.36. The molecule has 0 N–H and O–H groups in total. The predicted molar refractivity (Wildman–Crippen MR) is 129 cm³/mol. The average molecular weight is 501 g/mol. The van der Waals surface area contributed by atoms with Gasteiger partial charge < -0.3 is 13.9 Å². The normalized spacial score (nSPS) is 18.9. The van der Waals surface area contributed by atoms with E-state index in [1.165, 1.54) is 11.8 Å². The number of hydrogen-bond acceptors (Lipinski definition) is 4. The van der Waals surface area contributed by atoms with Gasteiger partial charge in [-0.3, -0.25) is 0 Å². The molecule has 0 amide bonds. The number of ether oxygens (including phenoxy) is 2. The van der Waals surface area contributed by atoms with Crippen molar-refractivity contribution in [2.45, 2.75) is 49.0 Å². The maximum Gasteiger partial charge on any atom is 0.192 e. The molecule has 2 aromatic carbocycles. The molecule has 0 aliphatic carbocycles.